The van der Waals surface area contributed by atoms with Crippen molar-refractivity contribution in [3.8, 4) is 0 Å². The van der Waals surface area contributed by atoms with E-state index in [1.165, 1.54) is 0 Å². The lowest BCUT2D eigenvalue weighted by molar-refractivity contribution is -0.161. The van der Waals surface area contributed by atoms with Crippen LogP contribution in [0.15, 0.2) is 24.3 Å². The molecule has 0 amide bonds. The third-order valence-electron chi connectivity index (χ3n) is 6.90. The van der Waals surface area contributed by atoms with Gasteiger partial charge in [-0.15, -0.1) is 0 Å². The van der Waals surface area contributed by atoms with E-state index in [0.717, 1.165) is 51.4 Å². The first-order valence-electron chi connectivity index (χ1n) is 11.2. The monoisotopic (exact) mass is 390 g/mol. The predicted molar refractivity (Wildman–Crippen MR) is 112 cm³/mol. The molecule has 0 saturated carbocycles. The average Bonchev–Trinajstić information content (AvgIpc) is 2.99. The lowest BCUT2D eigenvalue weighted by Crippen LogP contribution is -2.50. The minimum atomic E-state index is -0.937. The van der Waals surface area contributed by atoms with Crippen LogP contribution in [0.25, 0.3) is 0 Å². The number of esters is 2. The molecule has 2 aliphatic rings. The number of hydrogen-bond donors (Lipinski definition) is 0. The molecule has 28 heavy (non-hydrogen) atoms. The highest BCUT2D eigenvalue weighted by molar-refractivity contribution is 5.91. The van der Waals surface area contributed by atoms with E-state index in [0.29, 0.717) is 19.1 Å². The summed E-state index contributed by atoms with van der Waals surface area (Å²) in [5, 5.41) is 0. The van der Waals surface area contributed by atoms with Gasteiger partial charge in [0.05, 0.1) is 19.1 Å². The Labute approximate surface area is 170 Å². The first kappa shape index (κ1) is 22.7. The summed E-state index contributed by atoms with van der Waals surface area (Å²) < 4.78 is 11.4. The Balaban J connectivity index is 2.24. The molecule has 0 aromatic rings. The van der Waals surface area contributed by atoms with Crippen LogP contribution in [-0.4, -0.2) is 25.2 Å². The number of carbonyl (C=O) groups excluding carboxylic acids is 2. The van der Waals surface area contributed by atoms with Gasteiger partial charge in [-0.1, -0.05) is 84.1 Å². The summed E-state index contributed by atoms with van der Waals surface area (Å²) in [4.78, 5) is 26.2. The second-order valence-corrected chi connectivity index (χ2v) is 8.45. The highest BCUT2D eigenvalue weighted by Gasteiger charge is 2.65. The molecule has 4 unspecified atom stereocenters. The zero-order chi connectivity index (χ0) is 20.6. The minimum absolute atomic E-state index is 0.272. The highest BCUT2D eigenvalue weighted by Crippen LogP contribution is 2.58. The summed E-state index contributed by atoms with van der Waals surface area (Å²) in [5.41, 5.74) is -1.29. The summed E-state index contributed by atoms with van der Waals surface area (Å²) >= 11 is 0. The molecule has 0 aromatic carbocycles. The van der Waals surface area contributed by atoms with Gasteiger partial charge < -0.3 is 9.47 Å². The second kappa shape index (κ2) is 10.3. The molecule has 1 heterocycles. The van der Waals surface area contributed by atoms with Gasteiger partial charge in [-0.05, 0) is 25.2 Å². The van der Waals surface area contributed by atoms with E-state index in [9.17, 15) is 9.59 Å². The largest absolute Gasteiger partial charge is 0.465 e. The van der Waals surface area contributed by atoms with Crippen LogP contribution in [0.2, 0.25) is 0 Å². The van der Waals surface area contributed by atoms with Crippen LogP contribution in [0, 0.1) is 22.7 Å². The Kier molecular flexibility index (Phi) is 8.33. The van der Waals surface area contributed by atoms with Crippen LogP contribution >= 0.6 is 0 Å². The van der Waals surface area contributed by atoms with Crippen molar-refractivity contribution in [1.29, 1.82) is 0 Å². The molecular formula is C24H38O4. The van der Waals surface area contributed by atoms with E-state index < -0.39 is 11.3 Å². The van der Waals surface area contributed by atoms with Gasteiger partial charge in [0.25, 0.3) is 0 Å². The van der Waals surface area contributed by atoms with Crippen molar-refractivity contribution in [3.63, 3.8) is 0 Å². The van der Waals surface area contributed by atoms with E-state index in [4.69, 9.17) is 9.47 Å². The van der Waals surface area contributed by atoms with Crippen molar-refractivity contribution < 1.29 is 19.1 Å². The summed E-state index contributed by atoms with van der Waals surface area (Å²) in [5.74, 6) is -0.780. The van der Waals surface area contributed by atoms with E-state index in [1.54, 1.807) is 0 Å². The standard InChI is InChI=1S/C24H38O4/c1-5-9-13-19(7-3)17-27-21(25)20-14-11-12-16-24(20)22(26)28-18-23(24,8-4)15-10-6-2/h11-12,14,16,19-20H,5-10,13,15,17-18H2,1-4H3. The Bertz CT molecular complexity index is 593. The number of rotatable bonds is 11. The number of allylic oxidation sites excluding steroid dienone is 2. The Morgan fingerprint density at radius 2 is 1.96 bits per heavy atom. The zero-order valence-corrected chi connectivity index (χ0v) is 18.2. The summed E-state index contributed by atoms with van der Waals surface area (Å²) in [6, 6.07) is 0. The van der Waals surface area contributed by atoms with E-state index >= 15 is 0 Å². The van der Waals surface area contributed by atoms with Gasteiger partial charge in [-0.3, -0.25) is 9.59 Å². The topological polar surface area (TPSA) is 52.6 Å². The van der Waals surface area contributed by atoms with Crippen LogP contribution in [0.4, 0.5) is 0 Å². The molecule has 1 spiro atoms. The maximum absolute atomic E-state index is 13.2. The third kappa shape index (κ3) is 4.21. The Morgan fingerprint density at radius 3 is 2.61 bits per heavy atom. The quantitative estimate of drug-likeness (QED) is 0.430. The van der Waals surface area contributed by atoms with Gasteiger partial charge >= 0.3 is 11.9 Å². The van der Waals surface area contributed by atoms with Crippen molar-refractivity contribution >= 4 is 11.9 Å². The molecule has 158 valence electrons. The molecule has 0 N–H and O–H groups in total. The van der Waals surface area contributed by atoms with Crippen molar-refractivity contribution in [1.82, 2.24) is 0 Å². The van der Waals surface area contributed by atoms with Crippen molar-refractivity contribution in [2.24, 2.45) is 22.7 Å². The summed E-state index contributed by atoms with van der Waals surface area (Å²) in [7, 11) is 0. The number of carbonyl (C=O) groups is 2. The van der Waals surface area contributed by atoms with Gasteiger partial charge in [-0.2, -0.15) is 0 Å². The van der Waals surface area contributed by atoms with Crippen LogP contribution in [0.3, 0.4) is 0 Å². The maximum Gasteiger partial charge on any atom is 0.317 e. The normalized spacial score (nSPS) is 29.9. The Morgan fingerprint density at radius 1 is 1.21 bits per heavy atom. The van der Waals surface area contributed by atoms with Crippen LogP contribution < -0.4 is 0 Å². The van der Waals surface area contributed by atoms with Gasteiger partial charge in [0, 0.05) is 5.41 Å². The second-order valence-electron chi connectivity index (χ2n) is 8.45. The molecule has 2 rings (SSSR count). The number of hydrogen-bond acceptors (Lipinski definition) is 4. The highest BCUT2D eigenvalue weighted by atomic mass is 16.5. The van der Waals surface area contributed by atoms with E-state index in [2.05, 4.69) is 27.7 Å². The summed E-state index contributed by atoms with van der Waals surface area (Å²) in [6.07, 6.45) is 15.6. The van der Waals surface area contributed by atoms with Crippen LogP contribution in [0.1, 0.15) is 79.1 Å². The third-order valence-corrected chi connectivity index (χ3v) is 6.90. The van der Waals surface area contributed by atoms with Crippen molar-refractivity contribution in [3.05, 3.63) is 24.3 Å². The molecular weight excluding hydrogens is 352 g/mol. The smallest absolute Gasteiger partial charge is 0.317 e. The first-order chi connectivity index (χ1) is 13.5. The molecule has 4 atom stereocenters. The number of ether oxygens (including phenoxy) is 2. The fraction of sp³-hybridized carbons (Fsp3) is 0.750. The van der Waals surface area contributed by atoms with Gasteiger partial charge in [0.15, 0.2) is 0 Å². The van der Waals surface area contributed by atoms with Gasteiger partial charge in [0.2, 0.25) is 0 Å². The first-order valence-corrected chi connectivity index (χ1v) is 11.2. The molecule has 1 fully saturated rings. The zero-order valence-electron chi connectivity index (χ0n) is 18.2. The van der Waals surface area contributed by atoms with Crippen molar-refractivity contribution in [2.45, 2.75) is 79.1 Å². The fourth-order valence-corrected chi connectivity index (χ4v) is 4.82. The lowest BCUT2D eigenvalue weighted by Gasteiger charge is -2.43. The molecule has 4 nitrogen and oxygen atoms in total. The van der Waals surface area contributed by atoms with Gasteiger partial charge in [0.1, 0.15) is 5.41 Å². The van der Waals surface area contributed by atoms with Crippen LogP contribution in [0.5, 0.6) is 0 Å². The summed E-state index contributed by atoms with van der Waals surface area (Å²) in [6.45, 7) is 9.39. The molecule has 0 aromatic heterocycles. The minimum Gasteiger partial charge on any atom is -0.465 e. The molecule has 1 saturated heterocycles. The molecule has 4 heteroatoms. The fourth-order valence-electron chi connectivity index (χ4n) is 4.82. The van der Waals surface area contributed by atoms with Gasteiger partial charge in [-0.25, -0.2) is 0 Å². The van der Waals surface area contributed by atoms with Crippen LogP contribution in [-0.2, 0) is 19.1 Å². The maximum atomic E-state index is 13.2. The number of cyclic esters (lactones) is 1. The molecule has 1 aliphatic heterocycles. The van der Waals surface area contributed by atoms with E-state index in [1.807, 2.05) is 24.3 Å². The van der Waals surface area contributed by atoms with Crippen molar-refractivity contribution in [2.75, 3.05) is 13.2 Å². The Hall–Kier alpha value is -1.58. The molecule has 0 bridgehead atoms. The number of unbranched alkanes of at least 4 members (excludes halogenated alkanes) is 2. The lowest BCUT2D eigenvalue weighted by atomic mass is 9.54. The van der Waals surface area contributed by atoms with E-state index in [-0.39, 0.29) is 17.4 Å². The predicted octanol–water partition coefficient (Wildman–Crippen LogP) is 5.62. The average molecular weight is 391 g/mol. The molecule has 0 radical (unpaired) electrons. The molecule has 1 aliphatic carbocycles. The SMILES string of the molecule is CCCCC(CC)COC(=O)C1C=CC=CC12C(=O)OCC2(CC)CCCC.